The Hall–Kier alpha value is -2.30. The van der Waals surface area contributed by atoms with E-state index in [0.29, 0.717) is 12.1 Å². The second-order valence-corrected chi connectivity index (χ2v) is 5.13. The fraction of sp³-hybridized carbons (Fsp3) is 0.429. The smallest absolute Gasteiger partial charge is 0.430 e. The average molecular weight is 371 g/mol. The van der Waals surface area contributed by atoms with Crippen LogP contribution in [-0.4, -0.2) is 42.9 Å². The van der Waals surface area contributed by atoms with Crippen LogP contribution in [0.25, 0.3) is 0 Å². The Morgan fingerprint density at radius 1 is 1.16 bits per heavy atom. The van der Waals surface area contributed by atoms with Crippen molar-refractivity contribution in [3.8, 4) is 0 Å². The van der Waals surface area contributed by atoms with Crippen molar-refractivity contribution in [1.82, 2.24) is 0 Å². The predicted molar refractivity (Wildman–Crippen MR) is 70.4 cm³/mol. The summed E-state index contributed by atoms with van der Waals surface area (Å²) in [5.74, 6) is -1.68. The van der Waals surface area contributed by atoms with E-state index in [1.807, 2.05) is 0 Å². The van der Waals surface area contributed by atoms with E-state index in [1.165, 1.54) is 0 Å². The Kier molecular flexibility index (Phi) is 4.73. The molecule has 11 heteroatoms. The van der Waals surface area contributed by atoms with Gasteiger partial charge in [0.1, 0.15) is 18.2 Å². The second kappa shape index (κ2) is 6.21. The third kappa shape index (κ3) is 3.15. The third-order valence-corrected chi connectivity index (χ3v) is 3.64. The zero-order valence-corrected chi connectivity index (χ0v) is 12.5. The van der Waals surface area contributed by atoms with Crippen molar-refractivity contribution in [3.63, 3.8) is 0 Å². The molecule has 0 bridgehead atoms. The molecule has 5 nitrogen and oxygen atoms in total. The maximum absolute atomic E-state index is 12.8. The summed E-state index contributed by atoms with van der Waals surface area (Å²) in [6.07, 6.45) is -12.0. The average Bonchev–Trinajstić information content (AvgIpc) is 3.01. The quantitative estimate of drug-likeness (QED) is 0.655. The Balaban J connectivity index is 2.41. The number of esters is 1. The number of rotatable bonds is 3. The standard InChI is InChI=1S/C14H11F6NO4/c1-24-11(22)9-6-25-21-10(9)7-2-4-8(5-3-7)12(23,13(15,16)17)14(18,19)20/h2-5,9,23H,6H2,1H3. The number of alkyl halides is 6. The maximum atomic E-state index is 12.8. The van der Waals surface area contributed by atoms with E-state index in [2.05, 4.69) is 9.89 Å². The van der Waals surface area contributed by atoms with E-state index in [9.17, 15) is 36.2 Å². The van der Waals surface area contributed by atoms with Gasteiger partial charge in [-0.25, -0.2) is 0 Å². The molecule has 0 aliphatic carbocycles. The van der Waals surface area contributed by atoms with Crippen molar-refractivity contribution in [2.75, 3.05) is 13.7 Å². The Labute approximate surface area is 136 Å². The van der Waals surface area contributed by atoms with Crippen LogP contribution >= 0.6 is 0 Å². The lowest BCUT2D eigenvalue weighted by Crippen LogP contribution is -2.53. The zero-order chi connectivity index (χ0) is 19.0. The number of benzene rings is 1. The van der Waals surface area contributed by atoms with Gasteiger partial charge in [-0.1, -0.05) is 29.4 Å². The Morgan fingerprint density at radius 3 is 2.12 bits per heavy atom. The van der Waals surface area contributed by atoms with Crippen molar-refractivity contribution in [2.24, 2.45) is 11.1 Å². The predicted octanol–water partition coefficient (Wildman–Crippen LogP) is 2.52. The van der Waals surface area contributed by atoms with Gasteiger partial charge in [-0.05, 0) is 0 Å². The largest absolute Gasteiger partial charge is 0.468 e. The highest BCUT2D eigenvalue weighted by Crippen LogP contribution is 2.50. The molecule has 0 radical (unpaired) electrons. The highest BCUT2D eigenvalue weighted by molar-refractivity contribution is 6.12. The lowest BCUT2D eigenvalue weighted by atomic mass is 9.89. The number of aliphatic hydroxyl groups is 1. The molecule has 0 saturated heterocycles. The van der Waals surface area contributed by atoms with Crippen molar-refractivity contribution < 1.29 is 45.8 Å². The molecule has 0 amide bonds. The minimum absolute atomic E-state index is 0.000886. The number of hydrogen-bond donors (Lipinski definition) is 1. The van der Waals surface area contributed by atoms with E-state index in [-0.39, 0.29) is 17.9 Å². The van der Waals surface area contributed by atoms with Gasteiger partial charge >= 0.3 is 18.3 Å². The second-order valence-electron chi connectivity index (χ2n) is 5.13. The number of ether oxygens (including phenoxy) is 1. The van der Waals surface area contributed by atoms with Crippen LogP contribution < -0.4 is 0 Å². The molecule has 1 heterocycles. The van der Waals surface area contributed by atoms with Crippen LogP contribution in [0.4, 0.5) is 26.3 Å². The molecule has 0 saturated carbocycles. The van der Waals surface area contributed by atoms with Crippen LogP contribution in [0.2, 0.25) is 0 Å². The number of carbonyl (C=O) groups excluding carboxylic acids is 1. The summed E-state index contributed by atoms with van der Waals surface area (Å²) >= 11 is 0. The number of hydrogen-bond acceptors (Lipinski definition) is 5. The molecule has 1 atom stereocenters. The first-order valence-electron chi connectivity index (χ1n) is 6.68. The molecule has 2 rings (SSSR count). The van der Waals surface area contributed by atoms with E-state index in [4.69, 9.17) is 4.84 Å². The SMILES string of the molecule is COC(=O)C1CON=C1c1ccc(C(O)(C(F)(F)F)C(F)(F)F)cc1. The van der Waals surface area contributed by atoms with Crippen molar-refractivity contribution in [2.45, 2.75) is 18.0 Å². The highest BCUT2D eigenvalue weighted by atomic mass is 19.4. The molecule has 1 N–H and O–H groups in total. The highest BCUT2D eigenvalue weighted by Gasteiger charge is 2.71. The summed E-state index contributed by atoms with van der Waals surface area (Å²) in [4.78, 5) is 16.3. The number of oxime groups is 1. The molecule has 1 unspecified atom stereocenters. The number of carbonyl (C=O) groups is 1. The number of nitrogens with zero attached hydrogens (tertiary/aromatic N) is 1. The van der Waals surface area contributed by atoms with Gasteiger partial charge in [0.05, 0.1) is 7.11 Å². The molecule has 1 aliphatic rings. The van der Waals surface area contributed by atoms with E-state index < -0.39 is 35.4 Å². The Morgan fingerprint density at radius 2 is 1.68 bits per heavy atom. The first-order chi connectivity index (χ1) is 11.4. The molecule has 1 aromatic carbocycles. The molecule has 25 heavy (non-hydrogen) atoms. The van der Waals surface area contributed by atoms with Crippen LogP contribution in [0.3, 0.4) is 0 Å². The van der Waals surface area contributed by atoms with Crippen molar-refractivity contribution in [1.29, 1.82) is 0 Å². The third-order valence-electron chi connectivity index (χ3n) is 3.64. The normalized spacial score (nSPS) is 18.6. The molecule has 1 aliphatic heterocycles. The van der Waals surface area contributed by atoms with Gasteiger partial charge in [-0.3, -0.25) is 4.79 Å². The molecule has 1 aromatic rings. The monoisotopic (exact) mass is 371 g/mol. The molecular weight excluding hydrogens is 360 g/mol. The maximum Gasteiger partial charge on any atom is 0.430 e. The van der Waals surface area contributed by atoms with Crippen molar-refractivity contribution in [3.05, 3.63) is 35.4 Å². The first kappa shape index (κ1) is 19.0. The summed E-state index contributed by atoms with van der Waals surface area (Å²) in [6, 6.07) is 2.68. The van der Waals surface area contributed by atoms with Crippen LogP contribution in [0.1, 0.15) is 11.1 Å². The lowest BCUT2D eigenvalue weighted by Gasteiger charge is -2.32. The van der Waals surface area contributed by atoms with E-state index in [1.54, 1.807) is 0 Å². The number of methoxy groups -OCH3 is 1. The lowest BCUT2D eigenvalue weighted by molar-refractivity contribution is -0.376. The first-order valence-corrected chi connectivity index (χ1v) is 6.68. The molecule has 138 valence electrons. The minimum Gasteiger partial charge on any atom is -0.468 e. The minimum atomic E-state index is -5.98. The van der Waals surface area contributed by atoms with Gasteiger partial charge < -0.3 is 14.7 Å². The van der Waals surface area contributed by atoms with E-state index >= 15 is 0 Å². The van der Waals surface area contributed by atoms with Gasteiger partial charge in [0.25, 0.3) is 5.60 Å². The van der Waals surface area contributed by atoms with Gasteiger partial charge in [-0.15, -0.1) is 0 Å². The van der Waals surface area contributed by atoms with Crippen molar-refractivity contribution >= 4 is 11.7 Å². The zero-order valence-electron chi connectivity index (χ0n) is 12.5. The van der Waals surface area contributed by atoms with Crippen LogP contribution in [0.5, 0.6) is 0 Å². The van der Waals surface area contributed by atoms with Gasteiger partial charge in [0, 0.05) is 11.1 Å². The van der Waals surface area contributed by atoms with Gasteiger partial charge in [0.2, 0.25) is 0 Å². The summed E-state index contributed by atoms with van der Waals surface area (Å²) in [6.45, 7) is -0.168. The van der Waals surface area contributed by atoms with Crippen LogP contribution in [-0.2, 0) is 20.0 Å². The van der Waals surface area contributed by atoms with E-state index in [0.717, 1.165) is 19.2 Å². The summed E-state index contributed by atoms with van der Waals surface area (Å²) in [7, 11) is 1.11. The van der Waals surface area contributed by atoms with Gasteiger partial charge in [0.15, 0.2) is 0 Å². The molecular formula is C14H11F6NO4. The topological polar surface area (TPSA) is 68.1 Å². The summed E-state index contributed by atoms with van der Waals surface area (Å²) in [5.41, 5.74) is -6.37. The van der Waals surface area contributed by atoms with Crippen LogP contribution in [0.15, 0.2) is 29.4 Å². The fourth-order valence-electron chi connectivity index (χ4n) is 2.27. The van der Waals surface area contributed by atoms with Gasteiger partial charge in [-0.2, -0.15) is 26.3 Å². The molecule has 0 aromatic heterocycles. The molecule has 0 fully saturated rings. The Bertz CT molecular complexity index is 666. The number of halogens is 6. The summed E-state index contributed by atoms with van der Waals surface area (Å²) in [5, 5.41) is 12.9. The van der Waals surface area contributed by atoms with Crippen LogP contribution in [0, 0.1) is 5.92 Å². The molecule has 0 spiro atoms. The fourth-order valence-corrected chi connectivity index (χ4v) is 2.27. The summed E-state index contributed by atoms with van der Waals surface area (Å²) < 4.78 is 81.5.